The van der Waals surface area contributed by atoms with E-state index < -0.39 is 5.79 Å². The van der Waals surface area contributed by atoms with E-state index in [9.17, 15) is 0 Å². The molecule has 0 atom stereocenters. The van der Waals surface area contributed by atoms with Gasteiger partial charge in [0.1, 0.15) is 5.15 Å². The van der Waals surface area contributed by atoms with Crippen molar-refractivity contribution in [2.75, 3.05) is 13.2 Å². The monoisotopic (exact) mass is 225 g/mol. The third-order valence-electron chi connectivity index (χ3n) is 3.02. The number of nitrogens with zero attached hydrogens (tertiary/aromatic N) is 1. The fourth-order valence-corrected chi connectivity index (χ4v) is 2.55. The third kappa shape index (κ3) is 1.46. The Morgan fingerprint density at radius 3 is 2.87 bits per heavy atom. The maximum Gasteiger partial charge on any atom is 0.196 e. The highest BCUT2D eigenvalue weighted by Crippen LogP contribution is 2.41. The quantitative estimate of drug-likeness (QED) is 0.635. The first-order valence-electron chi connectivity index (χ1n) is 5.24. The van der Waals surface area contributed by atoms with Gasteiger partial charge in [0.2, 0.25) is 0 Å². The summed E-state index contributed by atoms with van der Waals surface area (Å²) in [6.45, 7) is 1.34. The number of aromatic nitrogens is 1. The van der Waals surface area contributed by atoms with Crippen molar-refractivity contribution in [3.8, 4) is 0 Å². The molecule has 0 saturated carbocycles. The highest BCUT2D eigenvalue weighted by atomic mass is 35.5. The number of hydrogen-bond donors (Lipinski definition) is 0. The van der Waals surface area contributed by atoms with E-state index >= 15 is 0 Å². The lowest BCUT2D eigenvalue weighted by molar-refractivity contribution is -0.175. The Kier molecular flexibility index (Phi) is 2.20. The fraction of sp³-hybridized carbons (Fsp3) is 0.545. The molecular weight excluding hydrogens is 214 g/mol. The number of hydrogen-bond acceptors (Lipinski definition) is 3. The number of ether oxygens (including phenoxy) is 2. The first-order chi connectivity index (χ1) is 7.30. The molecule has 0 unspecified atom stereocenters. The molecule has 0 radical (unpaired) electrons. The Labute approximate surface area is 93.4 Å². The van der Waals surface area contributed by atoms with E-state index in [-0.39, 0.29) is 0 Å². The molecule has 0 N–H and O–H groups in total. The number of aryl methyl sites for hydroxylation is 1. The molecule has 1 aromatic heterocycles. The number of rotatable bonds is 0. The molecule has 0 amide bonds. The first kappa shape index (κ1) is 9.58. The van der Waals surface area contributed by atoms with E-state index in [4.69, 9.17) is 21.1 Å². The van der Waals surface area contributed by atoms with Gasteiger partial charge in [-0.3, -0.25) is 0 Å². The van der Waals surface area contributed by atoms with Crippen molar-refractivity contribution in [1.29, 1.82) is 0 Å². The second kappa shape index (κ2) is 3.44. The van der Waals surface area contributed by atoms with Crippen LogP contribution < -0.4 is 0 Å². The maximum absolute atomic E-state index is 5.88. The van der Waals surface area contributed by atoms with Crippen LogP contribution in [0.25, 0.3) is 0 Å². The van der Waals surface area contributed by atoms with Crippen molar-refractivity contribution in [3.63, 3.8) is 0 Å². The minimum absolute atomic E-state index is 0.523. The van der Waals surface area contributed by atoms with Crippen molar-refractivity contribution in [1.82, 2.24) is 4.98 Å². The molecule has 1 aliphatic heterocycles. The summed E-state index contributed by atoms with van der Waals surface area (Å²) in [4.78, 5) is 4.34. The topological polar surface area (TPSA) is 31.4 Å². The van der Waals surface area contributed by atoms with Crippen molar-refractivity contribution < 1.29 is 9.47 Å². The van der Waals surface area contributed by atoms with Crippen molar-refractivity contribution in [2.24, 2.45) is 0 Å². The van der Waals surface area contributed by atoms with Crippen LogP contribution in [0.4, 0.5) is 0 Å². The van der Waals surface area contributed by atoms with Crippen LogP contribution in [-0.2, 0) is 21.7 Å². The molecule has 2 heterocycles. The zero-order chi connectivity index (χ0) is 10.3. The summed E-state index contributed by atoms with van der Waals surface area (Å²) >= 11 is 5.88. The molecule has 1 fully saturated rings. The average Bonchev–Trinajstić information content (AvgIpc) is 2.67. The highest BCUT2D eigenvalue weighted by Gasteiger charge is 2.42. The van der Waals surface area contributed by atoms with E-state index in [1.807, 2.05) is 6.07 Å². The summed E-state index contributed by atoms with van der Waals surface area (Å²) in [6, 6.07) is 3.79. The molecule has 2 aliphatic rings. The Morgan fingerprint density at radius 1 is 1.27 bits per heavy atom. The number of halogens is 1. The predicted octanol–water partition coefficient (Wildman–Crippen LogP) is 2.27. The van der Waals surface area contributed by atoms with E-state index in [0.29, 0.717) is 18.4 Å². The molecule has 3 nitrogen and oxygen atoms in total. The molecule has 1 spiro atoms. The van der Waals surface area contributed by atoms with Gasteiger partial charge in [0, 0.05) is 12.0 Å². The van der Waals surface area contributed by atoms with Gasteiger partial charge in [-0.1, -0.05) is 11.6 Å². The van der Waals surface area contributed by atoms with Gasteiger partial charge < -0.3 is 9.47 Å². The summed E-state index contributed by atoms with van der Waals surface area (Å²) in [5.74, 6) is -0.523. The molecule has 1 aromatic rings. The minimum atomic E-state index is -0.523. The second-order valence-electron chi connectivity index (χ2n) is 3.93. The number of fused-ring (bicyclic) bond motifs is 2. The molecule has 15 heavy (non-hydrogen) atoms. The molecular formula is C11H12ClNO2. The molecule has 1 saturated heterocycles. The summed E-state index contributed by atoms with van der Waals surface area (Å²) < 4.78 is 11.5. The SMILES string of the molecule is Clc1ccc2c(n1)CCCC21OCCO1. The van der Waals surface area contributed by atoms with Crippen molar-refractivity contribution >= 4 is 11.6 Å². The summed E-state index contributed by atoms with van der Waals surface area (Å²) in [5, 5.41) is 0.545. The summed E-state index contributed by atoms with van der Waals surface area (Å²) in [6.07, 6.45) is 2.92. The van der Waals surface area contributed by atoms with Crippen LogP contribution in [0, 0.1) is 0 Å². The Balaban J connectivity index is 2.10. The zero-order valence-electron chi connectivity index (χ0n) is 8.33. The van der Waals surface area contributed by atoms with Crippen LogP contribution in [0.15, 0.2) is 12.1 Å². The van der Waals surface area contributed by atoms with E-state index in [1.54, 1.807) is 6.07 Å². The zero-order valence-corrected chi connectivity index (χ0v) is 9.09. The van der Waals surface area contributed by atoms with Gasteiger partial charge in [-0.2, -0.15) is 0 Å². The average molecular weight is 226 g/mol. The molecule has 3 rings (SSSR count). The third-order valence-corrected chi connectivity index (χ3v) is 3.23. The molecule has 0 aromatic carbocycles. The lowest BCUT2D eigenvalue weighted by Gasteiger charge is -2.32. The Hall–Kier alpha value is -0.640. The fourth-order valence-electron chi connectivity index (χ4n) is 2.39. The number of pyridine rings is 1. The maximum atomic E-state index is 5.88. The van der Waals surface area contributed by atoms with Gasteiger partial charge in [-0.05, 0) is 25.0 Å². The van der Waals surface area contributed by atoms with E-state index in [0.717, 1.165) is 30.5 Å². The van der Waals surface area contributed by atoms with Gasteiger partial charge in [0.25, 0.3) is 0 Å². The Morgan fingerprint density at radius 2 is 2.07 bits per heavy atom. The molecule has 80 valence electrons. The van der Waals surface area contributed by atoms with E-state index in [1.165, 1.54) is 0 Å². The van der Waals surface area contributed by atoms with Crippen molar-refractivity contribution in [2.45, 2.75) is 25.0 Å². The van der Waals surface area contributed by atoms with Crippen LogP contribution in [0.1, 0.15) is 24.1 Å². The predicted molar refractivity (Wildman–Crippen MR) is 55.8 cm³/mol. The van der Waals surface area contributed by atoms with Crippen LogP contribution in [0.5, 0.6) is 0 Å². The van der Waals surface area contributed by atoms with E-state index in [2.05, 4.69) is 4.98 Å². The molecule has 4 heteroatoms. The standard InChI is InChI=1S/C11H12ClNO2/c12-10-4-3-8-9(13-10)2-1-5-11(8)14-6-7-15-11/h3-4H,1-2,5-7H2. The smallest absolute Gasteiger partial charge is 0.196 e. The minimum Gasteiger partial charge on any atom is -0.343 e. The summed E-state index contributed by atoms with van der Waals surface area (Å²) in [7, 11) is 0. The largest absolute Gasteiger partial charge is 0.343 e. The molecule has 0 bridgehead atoms. The highest BCUT2D eigenvalue weighted by molar-refractivity contribution is 6.29. The van der Waals surface area contributed by atoms with Gasteiger partial charge >= 0.3 is 0 Å². The van der Waals surface area contributed by atoms with Crippen LogP contribution in [-0.4, -0.2) is 18.2 Å². The van der Waals surface area contributed by atoms with Gasteiger partial charge in [0.15, 0.2) is 5.79 Å². The Bertz CT molecular complexity index is 388. The van der Waals surface area contributed by atoms with Crippen LogP contribution in [0.3, 0.4) is 0 Å². The van der Waals surface area contributed by atoms with Gasteiger partial charge in [-0.25, -0.2) is 4.98 Å². The van der Waals surface area contributed by atoms with Crippen LogP contribution in [0.2, 0.25) is 5.15 Å². The summed E-state index contributed by atoms with van der Waals surface area (Å²) in [5.41, 5.74) is 2.09. The normalized spacial score (nSPS) is 23.0. The lowest BCUT2D eigenvalue weighted by atomic mass is 9.90. The lowest BCUT2D eigenvalue weighted by Crippen LogP contribution is -2.32. The molecule has 1 aliphatic carbocycles. The van der Waals surface area contributed by atoms with Gasteiger partial charge in [-0.15, -0.1) is 0 Å². The van der Waals surface area contributed by atoms with Gasteiger partial charge in [0.05, 0.1) is 18.9 Å². The second-order valence-corrected chi connectivity index (χ2v) is 4.32. The first-order valence-corrected chi connectivity index (χ1v) is 5.62. The van der Waals surface area contributed by atoms with Crippen LogP contribution >= 0.6 is 11.6 Å². The van der Waals surface area contributed by atoms with Crippen molar-refractivity contribution in [3.05, 3.63) is 28.5 Å².